The molecular formula is C11H19FO2. The van der Waals surface area contributed by atoms with Gasteiger partial charge in [0.1, 0.15) is 6.17 Å². The Kier molecular flexibility index (Phi) is 4.91. The maximum Gasteiger partial charge on any atom is 0.305 e. The lowest BCUT2D eigenvalue weighted by atomic mass is 9.93. The van der Waals surface area contributed by atoms with Gasteiger partial charge in [-0.05, 0) is 25.2 Å². The second-order valence-corrected chi connectivity index (χ2v) is 4.03. The summed E-state index contributed by atoms with van der Waals surface area (Å²) in [5.41, 5.74) is 0. The smallest absolute Gasteiger partial charge is 0.305 e. The van der Waals surface area contributed by atoms with Gasteiger partial charge >= 0.3 is 5.97 Å². The summed E-state index contributed by atoms with van der Waals surface area (Å²) in [4.78, 5) is 10.9. The van der Waals surface area contributed by atoms with Crippen molar-refractivity contribution in [3.63, 3.8) is 0 Å². The van der Waals surface area contributed by atoms with Gasteiger partial charge in [-0.3, -0.25) is 4.79 Å². The van der Waals surface area contributed by atoms with Crippen LogP contribution < -0.4 is 0 Å². The zero-order valence-electron chi connectivity index (χ0n) is 8.80. The van der Waals surface area contributed by atoms with Gasteiger partial charge in [-0.1, -0.05) is 19.3 Å². The Morgan fingerprint density at radius 2 is 2.07 bits per heavy atom. The molecule has 0 bridgehead atoms. The van der Waals surface area contributed by atoms with E-state index in [1.54, 1.807) is 0 Å². The summed E-state index contributed by atoms with van der Waals surface area (Å²) in [6.45, 7) is 0. The normalized spacial score (nSPS) is 28.1. The van der Waals surface area contributed by atoms with Gasteiger partial charge < -0.3 is 4.74 Å². The van der Waals surface area contributed by atoms with Crippen LogP contribution in [0.1, 0.15) is 44.9 Å². The van der Waals surface area contributed by atoms with Crippen LogP contribution in [0.4, 0.5) is 4.39 Å². The minimum absolute atomic E-state index is 0.0802. The van der Waals surface area contributed by atoms with Crippen LogP contribution in [0.15, 0.2) is 0 Å². The van der Waals surface area contributed by atoms with Crippen LogP contribution in [0.2, 0.25) is 0 Å². The van der Waals surface area contributed by atoms with Crippen molar-refractivity contribution in [3.8, 4) is 0 Å². The van der Waals surface area contributed by atoms with Crippen LogP contribution in [0.5, 0.6) is 0 Å². The standard InChI is InChI=1S/C11H19FO2/c1-14-11(13)8-7-9-5-3-2-4-6-10(9)12/h9-10H,2-8H2,1H3/t9-,10-/m1/s1. The predicted octanol–water partition coefficient (Wildman–Crippen LogP) is 2.86. The predicted molar refractivity (Wildman–Crippen MR) is 52.7 cm³/mol. The van der Waals surface area contributed by atoms with E-state index < -0.39 is 6.17 Å². The molecule has 0 N–H and O–H groups in total. The fourth-order valence-corrected chi connectivity index (χ4v) is 2.07. The monoisotopic (exact) mass is 202 g/mol. The van der Waals surface area contributed by atoms with Crippen LogP contribution in [0.3, 0.4) is 0 Å². The summed E-state index contributed by atoms with van der Waals surface area (Å²) in [6, 6.07) is 0. The summed E-state index contributed by atoms with van der Waals surface area (Å²) >= 11 is 0. The zero-order valence-corrected chi connectivity index (χ0v) is 8.80. The Labute approximate surface area is 84.8 Å². The Balaban J connectivity index is 2.29. The lowest BCUT2D eigenvalue weighted by molar-refractivity contribution is -0.141. The molecule has 2 nitrogen and oxygen atoms in total. The first-order valence-corrected chi connectivity index (χ1v) is 5.45. The van der Waals surface area contributed by atoms with Crippen molar-refractivity contribution in [2.45, 2.75) is 51.1 Å². The maximum atomic E-state index is 13.5. The van der Waals surface area contributed by atoms with E-state index in [1.165, 1.54) is 7.11 Å². The topological polar surface area (TPSA) is 26.3 Å². The summed E-state index contributed by atoms with van der Waals surface area (Å²) < 4.78 is 18.1. The van der Waals surface area contributed by atoms with Crippen molar-refractivity contribution < 1.29 is 13.9 Å². The Hall–Kier alpha value is -0.600. The number of alkyl halides is 1. The van der Waals surface area contributed by atoms with Crippen molar-refractivity contribution in [2.75, 3.05) is 7.11 Å². The van der Waals surface area contributed by atoms with Gasteiger partial charge in [0.05, 0.1) is 7.11 Å². The first kappa shape index (κ1) is 11.5. The minimum atomic E-state index is -0.706. The lowest BCUT2D eigenvalue weighted by Crippen LogP contribution is -2.16. The zero-order chi connectivity index (χ0) is 10.4. The molecule has 1 fully saturated rings. The summed E-state index contributed by atoms with van der Waals surface area (Å²) in [5, 5.41) is 0. The fourth-order valence-electron chi connectivity index (χ4n) is 2.07. The Morgan fingerprint density at radius 3 is 2.79 bits per heavy atom. The molecule has 3 heteroatoms. The van der Waals surface area contributed by atoms with Gasteiger partial charge in [0, 0.05) is 6.42 Å². The lowest BCUT2D eigenvalue weighted by Gasteiger charge is -2.17. The number of carbonyl (C=O) groups is 1. The van der Waals surface area contributed by atoms with E-state index in [4.69, 9.17) is 0 Å². The second-order valence-electron chi connectivity index (χ2n) is 4.03. The molecule has 0 aliphatic heterocycles. The second kappa shape index (κ2) is 5.99. The average molecular weight is 202 g/mol. The van der Waals surface area contributed by atoms with Gasteiger partial charge in [0.25, 0.3) is 0 Å². The highest BCUT2D eigenvalue weighted by Gasteiger charge is 2.23. The molecule has 2 atom stereocenters. The first-order chi connectivity index (χ1) is 6.74. The third-order valence-corrected chi connectivity index (χ3v) is 3.01. The van der Waals surface area contributed by atoms with Crippen molar-refractivity contribution in [3.05, 3.63) is 0 Å². The molecule has 14 heavy (non-hydrogen) atoms. The van der Waals surface area contributed by atoms with Gasteiger partial charge in [0.2, 0.25) is 0 Å². The molecular weight excluding hydrogens is 183 g/mol. The van der Waals surface area contributed by atoms with E-state index in [2.05, 4.69) is 4.74 Å². The van der Waals surface area contributed by atoms with Crippen LogP contribution in [-0.2, 0) is 9.53 Å². The average Bonchev–Trinajstić information content (AvgIpc) is 2.39. The highest BCUT2D eigenvalue weighted by Crippen LogP contribution is 2.29. The van der Waals surface area contributed by atoms with E-state index in [0.29, 0.717) is 19.3 Å². The van der Waals surface area contributed by atoms with Gasteiger partial charge in [-0.2, -0.15) is 0 Å². The van der Waals surface area contributed by atoms with E-state index >= 15 is 0 Å². The van der Waals surface area contributed by atoms with Crippen molar-refractivity contribution in [1.82, 2.24) is 0 Å². The molecule has 0 aromatic rings. The molecule has 0 aromatic heterocycles. The quantitative estimate of drug-likeness (QED) is 0.519. The van der Waals surface area contributed by atoms with E-state index in [9.17, 15) is 9.18 Å². The number of methoxy groups -OCH3 is 1. The largest absolute Gasteiger partial charge is 0.469 e. The molecule has 1 saturated carbocycles. The molecule has 1 rings (SSSR count). The van der Waals surface area contributed by atoms with Crippen molar-refractivity contribution in [1.29, 1.82) is 0 Å². The van der Waals surface area contributed by atoms with Gasteiger partial charge in [-0.25, -0.2) is 4.39 Å². The molecule has 1 aliphatic rings. The van der Waals surface area contributed by atoms with Crippen LogP contribution >= 0.6 is 0 Å². The minimum Gasteiger partial charge on any atom is -0.469 e. The summed E-state index contributed by atoms with van der Waals surface area (Å²) in [7, 11) is 1.38. The molecule has 0 saturated heterocycles. The molecule has 0 spiro atoms. The summed E-state index contributed by atoms with van der Waals surface area (Å²) in [5.74, 6) is -0.141. The first-order valence-electron chi connectivity index (χ1n) is 5.45. The van der Waals surface area contributed by atoms with E-state index in [-0.39, 0.29) is 11.9 Å². The number of rotatable bonds is 3. The molecule has 1 aliphatic carbocycles. The molecule has 82 valence electrons. The van der Waals surface area contributed by atoms with E-state index in [1.807, 2.05) is 0 Å². The Morgan fingerprint density at radius 1 is 1.36 bits per heavy atom. The molecule has 0 heterocycles. The Bertz CT molecular complexity index is 182. The fraction of sp³-hybridized carbons (Fsp3) is 0.909. The third kappa shape index (κ3) is 3.64. The van der Waals surface area contributed by atoms with Gasteiger partial charge in [0.15, 0.2) is 0 Å². The van der Waals surface area contributed by atoms with E-state index in [0.717, 1.165) is 25.7 Å². The number of ether oxygens (including phenoxy) is 1. The molecule has 0 amide bonds. The summed E-state index contributed by atoms with van der Waals surface area (Å²) in [6.07, 6.45) is 5.14. The molecule has 0 aromatic carbocycles. The van der Waals surface area contributed by atoms with Gasteiger partial charge in [-0.15, -0.1) is 0 Å². The highest BCUT2D eigenvalue weighted by atomic mass is 19.1. The van der Waals surface area contributed by atoms with Crippen molar-refractivity contribution in [2.24, 2.45) is 5.92 Å². The van der Waals surface area contributed by atoms with Crippen LogP contribution in [0.25, 0.3) is 0 Å². The van der Waals surface area contributed by atoms with Crippen molar-refractivity contribution >= 4 is 5.97 Å². The maximum absolute atomic E-state index is 13.5. The third-order valence-electron chi connectivity index (χ3n) is 3.01. The number of hydrogen-bond acceptors (Lipinski definition) is 2. The van der Waals surface area contributed by atoms with Crippen LogP contribution in [0, 0.1) is 5.92 Å². The SMILES string of the molecule is COC(=O)CC[C@H]1CCCCC[C@H]1F. The molecule has 0 radical (unpaired) electrons. The highest BCUT2D eigenvalue weighted by molar-refractivity contribution is 5.69. The number of carbonyl (C=O) groups excluding carboxylic acids is 1. The number of esters is 1. The van der Waals surface area contributed by atoms with Crippen LogP contribution in [-0.4, -0.2) is 19.3 Å². The number of hydrogen-bond donors (Lipinski definition) is 0. The molecule has 0 unspecified atom stereocenters. The number of halogens is 1.